The monoisotopic (exact) mass is 467 g/mol. The number of benzene rings is 1. The fourth-order valence-corrected chi connectivity index (χ4v) is 3.91. The van der Waals surface area contributed by atoms with Crippen molar-refractivity contribution in [2.24, 2.45) is 5.73 Å². The molecule has 1 rings (SSSR count). The van der Waals surface area contributed by atoms with Gasteiger partial charge in [-0.2, -0.15) is 11.8 Å². The molecule has 0 fully saturated rings. The van der Waals surface area contributed by atoms with E-state index in [0.29, 0.717) is 5.56 Å². The van der Waals surface area contributed by atoms with E-state index in [1.165, 1.54) is 11.8 Å². The molecular formula is C22H33N3O6S. The molecule has 0 saturated carbocycles. The predicted molar refractivity (Wildman–Crippen MR) is 123 cm³/mol. The van der Waals surface area contributed by atoms with Crippen LogP contribution in [0.25, 0.3) is 0 Å². The Morgan fingerprint density at radius 1 is 1.00 bits per heavy atom. The molecule has 10 heteroatoms. The number of aliphatic carboxylic acids is 2. The SMILES string of the molecule is CCCCCCSC[C@H](NC(=O)CC[C@H](N)C(=O)O)C(=O)N[C@@H](C(=O)O)c1ccccc1. The molecular weight excluding hydrogens is 434 g/mol. The van der Waals surface area contributed by atoms with Crippen molar-refractivity contribution in [2.75, 3.05) is 11.5 Å². The first-order valence-electron chi connectivity index (χ1n) is 10.7. The Bertz CT molecular complexity index is 746. The van der Waals surface area contributed by atoms with E-state index in [0.717, 1.165) is 31.4 Å². The Kier molecular flexibility index (Phi) is 13.1. The van der Waals surface area contributed by atoms with E-state index in [-0.39, 0.29) is 18.6 Å². The summed E-state index contributed by atoms with van der Waals surface area (Å²) in [6.45, 7) is 2.12. The van der Waals surface area contributed by atoms with Crippen LogP contribution in [0.1, 0.15) is 57.1 Å². The molecule has 1 aromatic rings. The van der Waals surface area contributed by atoms with Gasteiger partial charge < -0.3 is 26.6 Å². The molecule has 0 spiro atoms. The Balaban J connectivity index is 2.78. The lowest BCUT2D eigenvalue weighted by Crippen LogP contribution is -2.50. The number of carbonyl (C=O) groups excluding carboxylic acids is 2. The Labute approximate surface area is 192 Å². The minimum Gasteiger partial charge on any atom is -0.480 e. The van der Waals surface area contributed by atoms with Crippen molar-refractivity contribution in [2.45, 2.75) is 63.6 Å². The summed E-state index contributed by atoms with van der Waals surface area (Å²) in [6, 6.07) is 4.91. The molecule has 178 valence electrons. The Morgan fingerprint density at radius 3 is 2.28 bits per heavy atom. The highest BCUT2D eigenvalue weighted by atomic mass is 32.2. The molecule has 9 nitrogen and oxygen atoms in total. The average molecular weight is 468 g/mol. The third-order valence-electron chi connectivity index (χ3n) is 4.74. The molecule has 0 saturated heterocycles. The zero-order valence-corrected chi connectivity index (χ0v) is 19.1. The van der Waals surface area contributed by atoms with Gasteiger partial charge in [0.1, 0.15) is 12.1 Å². The number of hydrogen-bond acceptors (Lipinski definition) is 6. The van der Waals surface area contributed by atoms with E-state index in [9.17, 15) is 24.3 Å². The van der Waals surface area contributed by atoms with E-state index in [2.05, 4.69) is 17.6 Å². The summed E-state index contributed by atoms with van der Waals surface area (Å²) >= 11 is 1.50. The number of unbranched alkanes of at least 4 members (excludes halogenated alkanes) is 3. The molecule has 0 aliphatic carbocycles. The van der Waals surface area contributed by atoms with Crippen LogP contribution < -0.4 is 16.4 Å². The Morgan fingerprint density at radius 2 is 1.69 bits per heavy atom. The molecule has 0 heterocycles. The van der Waals surface area contributed by atoms with E-state index in [4.69, 9.17) is 10.8 Å². The summed E-state index contributed by atoms with van der Waals surface area (Å²) in [5.74, 6) is -2.46. The number of carbonyl (C=O) groups is 4. The lowest BCUT2D eigenvalue weighted by Gasteiger charge is -2.22. The van der Waals surface area contributed by atoms with E-state index >= 15 is 0 Å². The first kappa shape index (κ1) is 27.4. The molecule has 3 atom stereocenters. The van der Waals surface area contributed by atoms with Crippen molar-refractivity contribution in [3.8, 4) is 0 Å². The van der Waals surface area contributed by atoms with Crippen LogP contribution in [0, 0.1) is 0 Å². The predicted octanol–water partition coefficient (Wildman–Crippen LogP) is 1.92. The molecule has 1 aromatic carbocycles. The summed E-state index contributed by atoms with van der Waals surface area (Å²) in [5.41, 5.74) is 5.84. The van der Waals surface area contributed by atoms with Gasteiger partial charge in [-0.3, -0.25) is 14.4 Å². The summed E-state index contributed by atoms with van der Waals surface area (Å²) in [4.78, 5) is 47.7. The largest absolute Gasteiger partial charge is 0.480 e. The van der Waals surface area contributed by atoms with Gasteiger partial charge in [0.25, 0.3) is 0 Å². The number of nitrogens with two attached hydrogens (primary N) is 1. The molecule has 0 radical (unpaired) electrons. The molecule has 2 amide bonds. The van der Waals surface area contributed by atoms with Crippen LogP contribution in [0.4, 0.5) is 0 Å². The van der Waals surface area contributed by atoms with Gasteiger partial charge in [-0.15, -0.1) is 0 Å². The fourth-order valence-electron chi connectivity index (χ4n) is 2.87. The van der Waals surface area contributed by atoms with Crippen molar-refractivity contribution in [1.82, 2.24) is 10.6 Å². The molecule has 0 aliphatic rings. The normalized spacial score (nSPS) is 13.6. The maximum Gasteiger partial charge on any atom is 0.330 e. The summed E-state index contributed by atoms with van der Waals surface area (Å²) < 4.78 is 0. The number of rotatable bonds is 16. The van der Waals surface area contributed by atoms with Crippen LogP contribution in [0.15, 0.2) is 30.3 Å². The number of nitrogens with one attached hydrogen (secondary N) is 2. The minimum absolute atomic E-state index is 0.0680. The lowest BCUT2D eigenvalue weighted by atomic mass is 10.1. The van der Waals surface area contributed by atoms with Crippen LogP contribution in [0.5, 0.6) is 0 Å². The third kappa shape index (κ3) is 10.6. The number of hydrogen-bond donors (Lipinski definition) is 5. The maximum atomic E-state index is 12.9. The molecule has 0 unspecified atom stereocenters. The fraction of sp³-hybridized carbons (Fsp3) is 0.545. The molecule has 0 aromatic heterocycles. The highest BCUT2D eigenvalue weighted by Crippen LogP contribution is 2.15. The zero-order valence-electron chi connectivity index (χ0n) is 18.3. The van der Waals surface area contributed by atoms with Gasteiger partial charge in [0.2, 0.25) is 11.8 Å². The topological polar surface area (TPSA) is 159 Å². The molecule has 0 bridgehead atoms. The number of carboxylic acids is 2. The van der Waals surface area contributed by atoms with Gasteiger partial charge in [0.15, 0.2) is 6.04 Å². The number of amides is 2. The van der Waals surface area contributed by atoms with E-state index < -0.39 is 41.9 Å². The second kappa shape index (κ2) is 15.3. The Hall–Kier alpha value is -2.59. The van der Waals surface area contributed by atoms with Gasteiger partial charge in [-0.05, 0) is 24.2 Å². The highest BCUT2D eigenvalue weighted by Gasteiger charge is 2.28. The number of carboxylic acid groups (broad SMARTS) is 2. The van der Waals surface area contributed by atoms with E-state index in [1.807, 2.05) is 0 Å². The number of thioether (sulfide) groups is 1. The van der Waals surface area contributed by atoms with Crippen molar-refractivity contribution in [1.29, 1.82) is 0 Å². The second-order valence-corrected chi connectivity index (χ2v) is 8.58. The van der Waals surface area contributed by atoms with Crippen molar-refractivity contribution in [3.05, 3.63) is 35.9 Å². The van der Waals surface area contributed by atoms with Crippen LogP contribution in [-0.2, 0) is 19.2 Å². The molecule has 6 N–H and O–H groups in total. The lowest BCUT2D eigenvalue weighted by molar-refractivity contribution is -0.142. The van der Waals surface area contributed by atoms with Crippen molar-refractivity contribution in [3.63, 3.8) is 0 Å². The van der Waals surface area contributed by atoms with Crippen molar-refractivity contribution >= 4 is 35.5 Å². The van der Waals surface area contributed by atoms with Crippen molar-refractivity contribution < 1.29 is 29.4 Å². The van der Waals surface area contributed by atoms with Crippen LogP contribution in [0.2, 0.25) is 0 Å². The van der Waals surface area contributed by atoms with Crippen LogP contribution >= 0.6 is 11.8 Å². The second-order valence-electron chi connectivity index (χ2n) is 7.43. The molecule has 32 heavy (non-hydrogen) atoms. The average Bonchev–Trinajstić information content (AvgIpc) is 2.77. The van der Waals surface area contributed by atoms with Gasteiger partial charge in [-0.25, -0.2) is 4.79 Å². The summed E-state index contributed by atoms with van der Waals surface area (Å²) in [7, 11) is 0. The highest BCUT2D eigenvalue weighted by molar-refractivity contribution is 7.99. The standard InChI is InChI=1S/C22H33N3O6S/c1-2-3-4-8-13-32-14-17(24-18(26)12-11-16(23)21(28)29)20(27)25-19(22(30)31)15-9-6-5-7-10-15/h5-7,9-10,16-17,19H,2-4,8,11-14,23H2,1H3,(H,24,26)(H,25,27)(H,28,29)(H,30,31)/t16-,17-,19+/m0/s1. The molecule has 0 aliphatic heterocycles. The van der Waals surface area contributed by atoms with Gasteiger partial charge in [-0.1, -0.05) is 56.5 Å². The zero-order chi connectivity index (χ0) is 23.9. The van der Waals surface area contributed by atoms with Gasteiger partial charge >= 0.3 is 11.9 Å². The van der Waals surface area contributed by atoms with Gasteiger partial charge in [0.05, 0.1) is 0 Å². The van der Waals surface area contributed by atoms with Crippen LogP contribution in [-0.4, -0.2) is 57.6 Å². The summed E-state index contributed by atoms with van der Waals surface area (Å²) in [6.07, 6.45) is 4.08. The minimum atomic E-state index is -1.25. The third-order valence-corrected chi connectivity index (χ3v) is 5.89. The summed E-state index contributed by atoms with van der Waals surface area (Å²) in [5, 5.41) is 23.5. The smallest absolute Gasteiger partial charge is 0.330 e. The van der Waals surface area contributed by atoms with Gasteiger partial charge in [0, 0.05) is 12.2 Å². The maximum absolute atomic E-state index is 12.9. The van der Waals surface area contributed by atoms with E-state index in [1.54, 1.807) is 30.3 Å². The first-order valence-corrected chi connectivity index (χ1v) is 11.8. The quantitative estimate of drug-likeness (QED) is 0.231. The first-order chi connectivity index (χ1) is 15.3. The van der Waals surface area contributed by atoms with Crippen LogP contribution in [0.3, 0.4) is 0 Å².